The molecule has 0 aliphatic carbocycles. The summed E-state index contributed by atoms with van der Waals surface area (Å²) < 4.78 is 43.9. The average Bonchev–Trinajstić information content (AvgIpc) is 3.67. The third kappa shape index (κ3) is 6.75. The zero-order chi connectivity index (χ0) is 31.6. The van der Waals surface area contributed by atoms with E-state index in [1.54, 1.807) is 23.0 Å². The molecule has 0 saturated carbocycles. The number of anilines is 1. The highest BCUT2D eigenvalue weighted by Crippen LogP contribution is 2.53. The van der Waals surface area contributed by atoms with Crippen molar-refractivity contribution in [3.63, 3.8) is 0 Å². The summed E-state index contributed by atoms with van der Waals surface area (Å²) in [6.07, 6.45) is -1.40. The summed E-state index contributed by atoms with van der Waals surface area (Å²) in [7, 11) is 0. The van der Waals surface area contributed by atoms with Crippen LogP contribution in [0.25, 0.3) is 21.4 Å². The third-order valence-corrected chi connectivity index (χ3v) is 11.1. The Morgan fingerprint density at radius 1 is 1.20 bits per heavy atom. The van der Waals surface area contributed by atoms with Gasteiger partial charge in [-0.1, -0.05) is 53.7 Å². The van der Waals surface area contributed by atoms with E-state index in [2.05, 4.69) is 27.2 Å². The van der Waals surface area contributed by atoms with Crippen LogP contribution in [-0.2, 0) is 39.4 Å². The van der Waals surface area contributed by atoms with E-state index in [-0.39, 0.29) is 23.8 Å². The number of nitrogens with two attached hydrogens (primary N) is 1. The third-order valence-electron chi connectivity index (χ3n) is 7.05. The van der Waals surface area contributed by atoms with Gasteiger partial charge in [0, 0.05) is 18.8 Å². The van der Waals surface area contributed by atoms with Gasteiger partial charge in [-0.2, -0.15) is 0 Å². The quantitative estimate of drug-likeness (QED) is 0.137. The number of fused-ring (bicyclic) bond motifs is 2. The highest BCUT2D eigenvalue weighted by Gasteiger charge is 2.44. The van der Waals surface area contributed by atoms with Gasteiger partial charge in [0.25, 0.3) is 0 Å². The summed E-state index contributed by atoms with van der Waals surface area (Å²) in [5, 5.41) is 0.731. The number of nitrogens with zero attached hydrogens (tertiary/aromatic N) is 5. The number of benzene rings is 1. The Kier molecular flexibility index (Phi) is 9.24. The first-order chi connectivity index (χ1) is 20.7. The lowest BCUT2D eigenvalue weighted by atomic mass is 10.1. The second-order valence-electron chi connectivity index (χ2n) is 10.1. The van der Waals surface area contributed by atoms with Crippen LogP contribution in [0.4, 0.5) is 5.82 Å². The molecule has 3 aromatic heterocycles. The molecule has 0 bridgehead atoms. The van der Waals surface area contributed by atoms with E-state index in [0.29, 0.717) is 32.2 Å². The standard InChI is InChI=1S/C22H24Cl2N6O9P2S3/c1-9-2-17(37-21(9)29-8-28-12-3-10(23)11(24)4-13(12)29)39-41(34,43)38-14-5-16(36-15(14)6-35-40(32,33)42)30-20-18(44-22(30)31)19(25)26-7-27-20/h3-4,7-9,14-17,21H,2,5-6H2,1H3,(H,34,43)(H2,25,26,27)(H2,32,33,42)/t9?,14-,15?,16+,17+,21+,41?/m0/s1. The Hall–Kier alpha value is -1.21. The molecule has 2 aliphatic rings. The fourth-order valence-electron chi connectivity index (χ4n) is 5.16. The molecule has 1 aromatic carbocycles. The minimum atomic E-state index is -4.21. The maximum Gasteiger partial charge on any atom is 0.383 e. The smallest absolute Gasteiger partial charge is 0.382 e. The zero-order valence-corrected chi connectivity index (χ0v) is 28.2. The number of hydrogen-bond acceptors (Lipinski definition) is 13. The molecule has 2 aliphatic heterocycles. The Morgan fingerprint density at radius 2 is 1.95 bits per heavy atom. The Balaban J connectivity index is 1.19. The number of ether oxygens (including phenoxy) is 2. The number of hydrogen-bond donors (Lipinski definition) is 4. The van der Waals surface area contributed by atoms with Gasteiger partial charge < -0.3 is 34.1 Å². The lowest BCUT2D eigenvalue weighted by molar-refractivity contribution is -0.109. The molecule has 2 saturated heterocycles. The van der Waals surface area contributed by atoms with Gasteiger partial charge in [-0.25, -0.2) is 19.5 Å². The van der Waals surface area contributed by atoms with Crippen LogP contribution in [0.3, 0.4) is 0 Å². The van der Waals surface area contributed by atoms with Gasteiger partial charge in [-0.05, 0) is 23.9 Å². The average molecular weight is 746 g/mol. The van der Waals surface area contributed by atoms with Crippen LogP contribution in [0.15, 0.2) is 29.6 Å². The van der Waals surface area contributed by atoms with Gasteiger partial charge in [0.15, 0.2) is 11.9 Å². The molecule has 44 heavy (non-hydrogen) atoms. The fraction of sp³-hybridized carbons (Fsp3) is 0.455. The van der Waals surface area contributed by atoms with Crippen molar-refractivity contribution in [1.29, 1.82) is 0 Å². The van der Waals surface area contributed by atoms with Crippen LogP contribution in [-0.4, -0.2) is 59.0 Å². The van der Waals surface area contributed by atoms with Crippen molar-refractivity contribution in [3.05, 3.63) is 44.5 Å². The van der Waals surface area contributed by atoms with Crippen molar-refractivity contribution in [2.24, 2.45) is 5.92 Å². The summed E-state index contributed by atoms with van der Waals surface area (Å²) in [6.45, 7) is -6.78. The Bertz CT molecular complexity index is 1890. The summed E-state index contributed by atoms with van der Waals surface area (Å²) in [4.78, 5) is 45.6. The number of thiazole rings is 1. The van der Waals surface area contributed by atoms with Crippen LogP contribution >= 0.6 is 60.3 Å². The van der Waals surface area contributed by atoms with Crippen molar-refractivity contribution in [2.45, 2.75) is 50.7 Å². The Morgan fingerprint density at radius 3 is 2.70 bits per heavy atom. The van der Waals surface area contributed by atoms with E-state index in [0.717, 1.165) is 11.3 Å². The van der Waals surface area contributed by atoms with Gasteiger partial charge in [-0.15, -0.1) is 0 Å². The predicted octanol–water partition coefficient (Wildman–Crippen LogP) is 4.63. The van der Waals surface area contributed by atoms with Crippen LogP contribution in [0.1, 0.15) is 32.2 Å². The molecule has 15 nitrogen and oxygen atoms in total. The van der Waals surface area contributed by atoms with Crippen LogP contribution in [0, 0.1) is 5.92 Å². The van der Waals surface area contributed by atoms with Gasteiger partial charge in [0.1, 0.15) is 35.4 Å². The van der Waals surface area contributed by atoms with Gasteiger partial charge in [-0.3, -0.25) is 18.4 Å². The van der Waals surface area contributed by atoms with E-state index < -0.39 is 55.9 Å². The SMILES string of the molecule is CC1C[C@@H](OP(O)(=S)O[C@H]2C[C@H](n3c(=O)sc4c(N)ncnc43)OC2COP(=O)(O)S)O[C@H]1n1cnc2cc(Cl)c(Cl)cc21. The molecule has 238 valence electrons. The van der Waals surface area contributed by atoms with Gasteiger partial charge in [0.05, 0.1) is 40.1 Å². The zero-order valence-electron chi connectivity index (χ0n) is 22.4. The van der Waals surface area contributed by atoms with Crippen molar-refractivity contribution in [3.8, 4) is 0 Å². The topological polar surface area (TPSA) is 195 Å². The molecular weight excluding hydrogens is 721 g/mol. The first kappa shape index (κ1) is 32.7. The molecule has 2 fully saturated rings. The van der Waals surface area contributed by atoms with Crippen LogP contribution in [0.5, 0.6) is 0 Å². The monoisotopic (exact) mass is 744 g/mol. The number of halogens is 2. The number of aromatic nitrogens is 5. The number of thiol groups is 1. The lowest BCUT2D eigenvalue weighted by Gasteiger charge is -2.25. The molecule has 22 heteroatoms. The van der Waals surface area contributed by atoms with Crippen molar-refractivity contribution < 1.29 is 37.4 Å². The molecule has 4 N–H and O–H groups in total. The van der Waals surface area contributed by atoms with Crippen LogP contribution in [0.2, 0.25) is 10.0 Å². The number of imidazole rings is 1. The van der Waals surface area contributed by atoms with E-state index in [1.165, 1.54) is 10.9 Å². The second kappa shape index (κ2) is 12.4. The summed E-state index contributed by atoms with van der Waals surface area (Å²) in [6, 6.07) is 3.34. The second-order valence-corrected chi connectivity index (χ2v) is 17.4. The molecule has 6 rings (SSSR count). The highest BCUT2D eigenvalue weighted by atomic mass is 35.5. The van der Waals surface area contributed by atoms with Crippen molar-refractivity contribution in [1.82, 2.24) is 24.1 Å². The largest absolute Gasteiger partial charge is 0.383 e. The molecule has 4 unspecified atom stereocenters. The van der Waals surface area contributed by atoms with E-state index in [9.17, 15) is 19.1 Å². The van der Waals surface area contributed by atoms with Crippen LogP contribution < -0.4 is 10.6 Å². The molecule has 5 heterocycles. The highest BCUT2D eigenvalue weighted by molar-refractivity contribution is 8.44. The number of rotatable bonds is 9. The van der Waals surface area contributed by atoms with Gasteiger partial charge >= 0.3 is 18.4 Å². The van der Waals surface area contributed by atoms with E-state index in [4.69, 9.17) is 63.8 Å². The molecule has 8 atom stereocenters. The van der Waals surface area contributed by atoms with E-state index >= 15 is 0 Å². The predicted molar refractivity (Wildman–Crippen MR) is 169 cm³/mol. The number of nitrogen functional groups attached to an aromatic ring is 1. The summed E-state index contributed by atoms with van der Waals surface area (Å²) in [5.74, 6) is 0.0289. The maximum atomic E-state index is 12.9. The normalized spacial score (nSPS) is 28.5. The maximum absolute atomic E-state index is 12.9. The fourth-order valence-corrected chi connectivity index (χ4v) is 8.56. The van der Waals surface area contributed by atoms with Crippen molar-refractivity contribution >= 4 is 99.3 Å². The molecular formula is C22H24Cl2N6O9P2S3. The summed E-state index contributed by atoms with van der Waals surface area (Å²) in [5.41, 5.74) is 7.46. The first-order valence-corrected chi connectivity index (χ1v) is 19.7. The minimum Gasteiger partial charge on any atom is -0.382 e. The van der Waals surface area contributed by atoms with Gasteiger partial charge in [0.2, 0.25) is 0 Å². The molecule has 0 amide bonds. The first-order valence-electron chi connectivity index (χ1n) is 12.8. The minimum absolute atomic E-state index is 0.0246. The molecule has 4 aromatic rings. The molecule has 0 spiro atoms. The molecule has 0 radical (unpaired) electrons. The van der Waals surface area contributed by atoms with E-state index in [1.807, 2.05) is 6.92 Å². The Labute approximate surface area is 273 Å². The summed E-state index contributed by atoms with van der Waals surface area (Å²) >= 11 is 22.1. The lowest BCUT2D eigenvalue weighted by Crippen LogP contribution is -2.28. The van der Waals surface area contributed by atoms with Crippen molar-refractivity contribution in [2.75, 3.05) is 12.3 Å².